The number of aliphatic imine (C=N–C) groups is 1. The van der Waals surface area contributed by atoms with Gasteiger partial charge in [0.1, 0.15) is 11.5 Å². The molecule has 0 aliphatic carbocycles. The summed E-state index contributed by atoms with van der Waals surface area (Å²) < 4.78 is 0. The number of carbonyl (C=O) groups is 1. The van der Waals surface area contributed by atoms with Crippen LogP contribution in [-0.2, 0) is 4.79 Å². The van der Waals surface area contributed by atoms with Crippen LogP contribution in [0.25, 0.3) is 6.08 Å². The molecule has 2 N–H and O–H groups in total. The van der Waals surface area contributed by atoms with Crippen molar-refractivity contribution in [2.75, 3.05) is 4.90 Å². The third-order valence-electron chi connectivity index (χ3n) is 4.09. The van der Waals surface area contributed by atoms with Gasteiger partial charge in [0.2, 0.25) is 0 Å². The lowest BCUT2D eigenvalue weighted by molar-refractivity contribution is -0.113. The van der Waals surface area contributed by atoms with E-state index < -0.39 is 0 Å². The van der Waals surface area contributed by atoms with Crippen molar-refractivity contribution < 1.29 is 15.0 Å². The standard InChI is InChI=1S/C22H16N2O3S/c25-18-10-6-16(7-11-18)23-22-24(17-8-12-19(26)13-9-17)21(27)20(28-22)14-15-4-2-1-3-5-15/h1-14,25-26H/b20-14-,23-22?. The van der Waals surface area contributed by atoms with E-state index in [0.29, 0.717) is 21.4 Å². The molecule has 0 aromatic heterocycles. The molecule has 1 aliphatic rings. The summed E-state index contributed by atoms with van der Waals surface area (Å²) in [5.74, 6) is 0.0938. The van der Waals surface area contributed by atoms with Crippen LogP contribution in [0, 0.1) is 0 Å². The lowest BCUT2D eigenvalue weighted by atomic mass is 10.2. The number of thioether (sulfide) groups is 1. The van der Waals surface area contributed by atoms with E-state index in [4.69, 9.17) is 0 Å². The van der Waals surface area contributed by atoms with Crippen LogP contribution in [0.15, 0.2) is 88.8 Å². The number of hydrogen-bond acceptors (Lipinski definition) is 5. The predicted molar refractivity (Wildman–Crippen MR) is 113 cm³/mol. The highest BCUT2D eigenvalue weighted by atomic mass is 32.2. The van der Waals surface area contributed by atoms with Crippen LogP contribution in [-0.4, -0.2) is 21.3 Å². The minimum absolute atomic E-state index is 0.125. The van der Waals surface area contributed by atoms with Crippen molar-refractivity contribution in [3.05, 3.63) is 89.3 Å². The number of nitrogens with zero attached hydrogens (tertiary/aromatic N) is 2. The molecule has 5 nitrogen and oxygen atoms in total. The third kappa shape index (κ3) is 3.77. The summed E-state index contributed by atoms with van der Waals surface area (Å²) in [4.78, 5) is 19.8. The summed E-state index contributed by atoms with van der Waals surface area (Å²) in [6, 6.07) is 22.5. The SMILES string of the molecule is O=C1/C(=C/c2ccccc2)SC(=Nc2ccc(O)cc2)N1c1ccc(O)cc1. The molecule has 3 aromatic rings. The molecule has 1 fully saturated rings. The van der Waals surface area contributed by atoms with Crippen molar-refractivity contribution in [3.8, 4) is 11.5 Å². The summed E-state index contributed by atoms with van der Waals surface area (Å²) in [7, 11) is 0. The zero-order valence-corrected chi connectivity index (χ0v) is 15.5. The zero-order valence-electron chi connectivity index (χ0n) is 14.7. The predicted octanol–water partition coefficient (Wildman–Crippen LogP) is 4.91. The van der Waals surface area contributed by atoms with Crippen LogP contribution in [0.4, 0.5) is 11.4 Å². The van der Waals surface area contributed by atoms with E-state index in [1.165, 1.54) is 28.8 Å². The second-order valence-corrected chi connectivity index (χ2v) is 7.10. The Morgan fingerprint density at radius 1 is 0.821 bits per heavy atom. The van der Waals surface area contributed by atoms with Gasteiger partial charge in [-0.15, -0.1) is 0 Å². The highest BCUT2D eigenvalue weighted by Crippen LogP contribution is 2.37. The number of rotatable bonds is 3. The highest BCUT2D eigenvalue weighted by Gasteiger charge is 2.34. The van der Waals surface area contributed by atoms with E-state index in [2.05, 4.69) is 4.99 Å². The monoisotopic (exact) mass is 388 g/mol. The van der Waals surface area contributed by atoms with Crippen molar-refractivity contribution in [1.82, 2.24) is 0 Å². The summed E-state index contributed by atoms with van der Waals surface area (Å²) in [6.45, 7) is 0. The first-order valence-electron chi connectivity index (χ1n) is 8.56. The van der Waals surface area contributed by atoms with Gasteiger partial charge in [-0.25, -0.2) is 4.99 Å². The van der Waals surface area contributed by atoms with Gasteiger partial charge in [-0.3, -0.25) is 9.69 Å². The number of phenols is 2. The number of benzene rings is 3. The molecule has 6 heteroatoms. The maximum atomic E-state index is 13.1. The number of amidine groups is 1. The topological polar surface area (TPSA) is 73.1 Å². The molecule has 138 valence electrons. The van der Waals surface area contributed by atoms with E-state index in [9.17, 15) is 15.0 Å². The van der Waals surface area contributed by atoms with Gasteiger partial charge >= 0.3 is 0 Å². The van der Waals surface area contributed by atoms with Gasteiger partial charge in [0.05, 0.1) is 16.3 Å². The first-order chi connectivity index (χ1) is 13.6. The van der Waals surface area contributed by atoms with Crippen molar-refractivity contribution in [2.24, 2.45) is 4.99 Å². The normalized spacial score (nSPS) is 16.9. The minimum atomic E-state index is -0.183. The van der Waals surface area contributed by atoms with Crippen LogP contribution in [0.2, 0.25) is 0 Å². The van der Waals surface area contributed by atoms with Crippen LogP contribution in [0.5, 0.6) is 11.5 Å². The molecule has 0 spiro atoms. The number of hydrogen-bond donors (Lipinski definition) is 2. The highest BCUT2D eigenvalue weighted by molar-refractivity contribution is 8.19. The third-order valence-corrected chi connectivity index (χ3v) is 5.05. The number of amides is 1. The van der Waals surface area contributed by atoms with E-state index >= 15 is 0 Å². The molecule has 28 heavy (non-hydrogen) atoms. The quantitative estimate of drug-likeness (QED) is 0.626. The smallest absolute Gasteiger partial charge is 0.271 e. The van der Waals surface area contributed by atoms with Crippen molar-refractivity contribution in [3.63, 3.8) is 0 Å². The molecule has 0 atom stereocenters. The maximum Gasteiger partial charge on any atom is 0.271 e. The number of anilines is 1. The molecule has 1 saturated heterocycles. The Morgan fingerprint density at radius 2 is 1.43 bits per heavy atom. The number of aromatic hydroxyl groups is 2. The van der Waals surface area contributed by atoms with Crippen molar-refractivity contribution in [1.29, 1.82) is 0 Å². The summed E-state index contributed by atoms with van der Waals surface area (Å²) in [6.07, 6.45) is 1.83. The molecule has 0 bridgehead atoms. The molecule has 4 rings (SSSR count). The van der Waals surface area contributed by atoms with E-state index in [-0.39, 0.29) is 17.4 Å². The van der Waals surface area contributed by atoms with Crippen LogP contribution in [0.1, 0.15) is 5.56 Å². The van der Waals surface area contributed by atoms with Gasteiger partial charge in [0, 0.05) is 0 Å². The fourth-order valence-electron chi connectivity index (χ4n) is 2.72. The summed E-state index contributed by atoms with van der Waals surface area (Å²) in [5.41, 5.74) is 2.16. The Morgan fingerprint density at radius 3 is 2.07 bits per heavy atom. The summed E-state index contributed by atoms with van der Waals surface area (Å²) in [5, 5.41) is 19.5. The molecular weight excluding hydrogens is 372 g/mol. The van der Waals surface area contributed by atoms with E-state index in [0.717, 1.165) is 5.56 Å². The molecular formula is C22H16N2O3S. The van der Waals surface area contributed by atoms with Crippen molar-refractivity contribution in [2.45, 2.75) is 0 Å². The minimum Gasteiger partial charge on any atom is -0.508 e. The molecule has 0 saturated carbocycles. The largest absolute Gasteiger partial charge is 0.508 e. The number of phenolic OH excluding ortho intramolecular Hbond substituents is 2. The summed E-state index contributed by atoms with van der Waals surface area (Å²) >= 11 is 1.28. The van der Waals surface area contributed by atoms with Gasteiger partial charge in [0.25, 0.3) is 5.91 Å². The Hall–Kier alpha value is -3.51. The van der Waals surface area contributed by atoms with Crippen LogP contribution >= 0.6 is 11.8 Å². The second-order valence-electron chi connectivity index (χ2n) is 6.09. The van der Waals surface area contributed by atoms with E-state index in [1.54, 1.807) is 36.4 Å². The lowest BCUT2D eigenvalue weighted by Crippen LogP contribution is -2.28. The molecule has 1 amide bonds. The van der Waals surface area contributed by atoms with Crippen LogP contribution in [0.3, 0.4) is 0 Å². The molecule has 0 radical (unpaired) electrons. The van der Waals surface area contributed by atoms with Gasteiger partial charge in [-0.05, 0) is 71.9 Å². The molecule has 0 unspecified atom stereocenters. The first kappa shape index (κ1) is 17.9. The van der Waals surface area contributed by atoms with Gasteiger partial charge in [0.15, 0.2) is 5.17 Å². The Kier molecular flexibility index (Phi) is 4.87. The zero-order chi connectivity index (χ0) is 19.5. The fraction of sp³-hybridized carbons (Fsp3) is 0. The Balaban J connectivity index is 1.77. The molecule has 1 aliphatic heterocycles. The van der Waals surface area contributed by atoms with Gasteiger partial charge in [-0.2, -0.15) is 0 Å². The molecule has 1 heterocycles. The van der Waals surface area contributed by atoms with Gasteiger partial charge < -0.3 is 10.2 Å². The van der Waals surface area contributed by atoms with Gasteiger partial charge in [-0.1, -0.05) is 30.3 Å². The van der Waals surface area contributed by atoms with E-state index in [1.807, 2.05) is 36.4 Å². The lowest BCUT2D eigenvalue weighted by Gasteiger charge is -2.15. The average Bonchev–Trinajstić information content (AvgIpc) is 3.00. The Bertz CT molecular complexity index is 1060. The Labute approximate surface area is 166 Å². The average molecular weight is 388 g/mol. The molecule has 3 aromatic carbocycles. The van der Waals surface area contributed by atoms with Crippen LogP contribution < -0.4 is 4.90 Å². The maximum absolute atomic E-state index is 13.1. The first-order valence-corrected chi connectivity index (χ1v) is 9.37. The fourth-order valence-corrected chi connectivity index (χ4v) is 3.72. The second kappa shape index (κ2) is 7.62. The van der Waals surface area contributed by atoms with Crippen molar-refractivity contribution >= 4 is 40.3 Å². The number of carbonyl (C=O) groups excluding carboxylic acids is 1.